The fourth-order valence-corrected chi connectivity index (χ4v) is 3.47. The number of pyridine rings is 1. The van der Waals surface area contributed by atoms with Crippen LogP contribution in [-0.4, -0.2) is 44.3 Å². The number of fused-ring (bicyclic) bond motifs is 1. The Morgan fingerprint density at radius 2 is 1.78 bits per heavy atom. The van der Waals surface area contributed by atoms with Crippen molar-refractivity contribution in [1.82, 2.24) is 20.1 Å². The molecular formula is C18H13N5O3S. The molecule has 0 aliphatic carbocycles. The number of hydrogen-bond donors (Lipinski definition) is 1. The first kappa shape index (κ1) is 17.0. The number of benzene rings is 1. The van der Waals surface area contributed by atoms with E-state index in [2.05, 4.69) is 20.5 Å². The number of hydrogen-bond acceptors (Lipinski definition) is 7. The molecule has 27 heavy (non-hydrogen) atoms. The van der Waals surface area contributed by atoms with Crippen molar-refractivity contribution in [3.05, 3.63) is 59.9 Å². The first-order valence-corrected chi connectivity index (χ1v) is 8.94. The Labute approximate surface area is 157 Å². The Morgan fingerprint density at radius 3 is 2.44 bits per heavy atom. The largest absolute Gasteiger partial charge is 0.300 e. The Balaban J connectivity index is 1.37. The molecule has 3 amide bonds. The number of carbonyl (C=O) groups excluding carboxylic acids is 3. The fraction of sp³-hybridized carbons (Fsp3) is 0.111. The monoisotopic (exact) mass is 379 g/mol. The van der Waals surface area contributed by atoms with Gasteiger partial charge in [0.05, 0.1) is 11.1 Å². The average molecular weight is 379 g/mol. The van der Waals surface area contributed by atoms with Crippen LogP contribution >= 0.6 is 11.3 Å². The third-order valence-electron chi connectivity index (χ3n) is 4.02. The number of aromatic nitrogens is 3. The maximum absolute atomic E-state index is 12.3. The van der Waals surface area contributed by atoms with Crippen LogP contribution in [0.2, 0.25) is 0 Å². The van der Waals surface area contributed by atoms with Gasteiger partial charge in [0, 0.05) is 30.9 Å². The molecule has 3 heterocycles. The summed E-state index contributed by atoms with van der Waals surface area (Å²) in [5, 5.41) is 11.6. The molecule has 1 N–H and O–H groups in total. The Bertz CT molecular complexity index is 999. The van der Waals surface area contributed by atoms with Crippen LogP contribution in [0.15, 0.2) is 48.8 Å². The van der Waals surface area contributed by atoms with E-state index >= 15 is 0 Å². The molecule has 1 aliphatic rings. The van der Waals surface area contributed by atoms with Gasteiger partial charge in [-0.25, -0.2) is 0 Å². The molecule has 0 fully saturated rings. The molecule has 0 spiro atoms. The maximum Gasteiger partial charge on any atom is 0.261 e. The minimum Gasteiger partial charge on any atom is -0.300 e. The van der Waals surface area contributed by atoms with Gasteiger partial charge in [-0.05, 0) is 24.3 Å². The number of imide groups is 1. The SMILES string of the molecule is O=C(CCN1C(=O)c2ccccc2C1=O)Nc1nnc(-c2cccnc2)s1. The maximum atomic E-state index is 12.3. The molecular weight excluding hydrogens is 366 g/mol. The minimum absolute atomic E-state index is 0.00640. The highest BCUT2D eigenvalue weighted by molar-refractivity contribution is 7.18. The topological polar surface area (TPSA) is 105 Å². The summed E-state index contributed by atoms with van der Waals surface area (Å²) in [4.78, 5) is 41.8. The molecule has 0 saturated carbocycles. The second-order valence-corrected chi connectivity index (χ2v) is 6.74. The molecule has 0 atom stereocenters. The Hall–Kier alpha value is -3.46. The van der Waals surface area contributed by atoms with Crippen LogP contribution in [0.4, 0.5) is 5.13 Å². The zero-order chi connectivity index (χ0) is 18.8. The van der Waals surface area contributed by atoms with Crippen LogP contribution in [0.1, 0.15) is 27.1 Å². The molecule has 2 aromatic heterocycles. The van der Waals surface area contributed by atoms with E-state index in [0.717, 1.165) is 10.5 Å². The molecule has 9 heteroatoms. The van der Waals surface area contributed by atoms with Crippen molar-refractivity contribution >= 4 is 34.2 Å². The van der Waals surface area contributed by atoms with E-state index in [1.165, 1.54) is 11.3 Å². The van der Waals surface area contributed by atoms with E-state index in [0.29, 0.717) is 21.3 Å². The molecule has 0 bridgehead atoms. The lowest BCUT2D eigenvalue weighted by molar-refractivity contribution is -0.116. The summed E-state index contributed by atoms with van der Waals surface area (Å²) in [5.41, 5.74) is 1.54. The van der Waals surface area contributed by atoms with Gasteiger partial charge < -0.3 is 5.32 Å². The molecule has 8 nitrogen and oxygen atoms in total. The lowest BCUT2D eigenvalue weighted by atomic mass is 10.1. The zero-order valence-corrected chi connectivity index (χ0v) is 14.8. The van der Waals surface area contributed by atoms with Gasteiger partial charge in [0.15, 0.2) is 5.01 Å². The fourth-order valence-electron chi connectivity index (χ4n) is 2.72. The van der Waals surface area contributed by atoms with E-state index in [9.17, 15) is 14.4 Å². The molecule has 3 aromatic rings. The van der Waals surface area contributed by atoms with Gasteiger partial charge in [-0.2, -0.15) is 0 Å². The number of nitrogens with one attached hydrogen (secondary N) is 1. The smallest absolute Gasteiger partial charge is 0.261 e. The lowest BCUT2D eigenvalue weighted by Gasteiger charge is -2.12. The van der Waals surface area contributed by atoms with Crippen molar-refractivity contribution in [1.29, 1.82) is 0 Å². The van der Waals surface area contributed by atoms with Crippen molar-refractivity contribution in [3.8, 4) is 10.6 Å². The summed E-state index contributed by atoms with van der Waals surface area (Å²) in [6.45, 7) is 0.00640. The van der Waals surface area contributed by atoms with Gasteiger partial charge in [-0.15, -0.1) is 10.2 Å². The van der Waals surface area contributed by atoms with E-state index in [1.54, 1.807) is 42.7 Å². The first-order valence-electron chi connectivity index (χ1n) is 8.12. The highest BCUT2D eigenvalue weighted by atomic mass is 32.1. The van der Waals surface area contributed by atoms with Crippen LogP contribution in [-0.2, 0) is 4.79 Å². The highest BCUT2D eigenvalue weighted by Crippen LogP contribution is 2.26. The molecule has 4 rings (SSSR count). The second-order valence-electron chi connectivity index (χ2n) is 5.76. The van der Waals surface area contributed by atoms with Gasteiger partial charge in [-0.1, -0.05) is 23.5 Å². The molecule has 0 unspecified atom stereocenters. The molecule has 134 valence electrons. The van der Waals surface area contributed by atoms with Gasteiger partial charge in [0.1, 0.15) is 0 Å². The Morgan fingerprint density at radius 1 is 1.04 bits per heavy atom. The van der Waals surface area contributed by atoms with E-state index in [1.807, 2.05) is 6.07 Å². The lowest BCUT2D eigenvalue weighted by Crippen LogP contribution is -2.32. The highest BCUT2D eigenvalue weighted by Gasteiger charge is 2.34. The summed E-state index contributed by atoms with van der Waals surface area (Å²) >= 11 is 1.22. The minimum atomic E-state index is -0.377. The summed E-state index contributed by atoms with van der Waals surface area (Å²) in [6, 6.07) is 10.3. The number of carbonyl (C=O) groups is 3. The normalized spacial score (nSPS) is 13.0. The van der Waals surface area contributed by atoms with Crippen LogP contribution in [0, 0.1) is 0 Å². The van der Waals surface area contributed by atoms with Gasteiger partial charge >= 0.3 is 0 Å². The summed E-state index contributed by atoms with van der Waals surface area (Å²) in [5.74, 6) is -1.10. The zero-order valence-electron chi connectivity index (χ0n) is 14.0. The van der Waals surface area contributed by atoms with E-state index in [4.69, 9.17) is 0 Å². The first-order chi connectivity index (χ1) is 13.1. The van der Waals surface area contributed by atoms with Crippen LogP contribution < -0.4 is 5.32 Å². The standard InChI is InChI=1S/C18H13N5O3S/c24-14(20-18-22-21-15(27-18)11-4-3-8-19-10-11)7-9-23-16(25)12-5-1-2-6-13(12)17(23)26/h1-6,8,10H,7,9H2,(H,20,22,24). The molecule has 1 aliphatic heterocycles. The predicted octanol–water partition coefficient (Wildman–Crippen LogP) is 2.22. The predicted molar refractivity (Wildman–Crippen MR) is 98.2 cm³/mol. The van der Waals surface area contributed by atoms with E-state index in [-0.39, 0.29) is 30.7 Å². The number of anilines is 1. The third-order valence-corrected chi connectivity index (χ3v) is 4.91. The number of rotatable bonds is 5. The van der Waals surface area contributed by atoms with Gasteiger partial charge in [0.25, 0.3) is 11.8 Å². The van der Waals surface area contributed by atoms with Crippen LogP contribution in [0.5, 0.6) is 0 Å². The molecule has 0 saturated heterocycles. The average Bonchev–Trinajstić information content (AvgIpc) is 3.25. The van der Waals surface area contributed by atoms with Crippen molar-refractivity contribution in [2.75, 3.05) is 11.9 Å². The van der Waals surface area contributed by atoms with Gasteiger partial charge in [0.2, 0.25) is 11.0 Å². The van der Waals surface area contributed by atoms with Gasteiger partial charge in [-0.3, -0.25) is 24.3 Å². The number of amides is 3. The second kappa shape index (κ2) is 7.04. The van der Waals surface area contributed by atoms with Crippen molar-refractivity contribution in [2.45, 2.75) is 6.42 Å². The van der Waals surface area contributed by atoms with Crippen LogP contribution in [0.25, 0.3) is 10.6 Å². The van der Waals surface area contributed by atoms with E-state index < -0.39 is 0 Å². The summed E-state index contributed by atoms with van der Waals surface area (Å²) in [7, 11) is 0. The Kier molecular flexibility index (Phi) is 4.43. The summed E-state index contributed by atoms with van der Waals surface area (Å²) < 4.78 is 0. The molecule has 0 radical (unpaired) electrons. The third kappa shape index (κ3) is 3.32. The number of nitrogens with zero attached hydrogens (tertiary/aromatic N) is 4. The molecule has 1 aromatic carbocycles. The van der Waals surface area contributed by atoms with Crippen molar-refractivity contribution < 1.29 is 14.4 Å². The summed E-state index contributed by atoms with van der Waals surface area (Å²) in [6.07, 6.45) is 3.30. The quantitative estimate of drug-likeness (QED) is 0.682. The van der Waals surface area contributed by atoms with Crippen LogP contribution in [0.3, 0.4) is 0 Å². The van der Waals surface area contributed by atoms with Crippen molar-refractivity contribution in [3.63, 3.8) is 0 Å². The van der Waals surface area contributed by atoms with Crippen molar-refractivity contribution in [2.24, 2.45) is 0 Å².